The molecule has 1 N–H and O–H groups in total. The third-order valence-corrected chi connectivity index (χ3v) is 5.51. The van der Waals surface area contributed by atoms with Gasteiger partial charge in [0.25, 0.3) is 5.91 Å². The molecule has 18 heavy (non-hydrogen) atoms. The summed E-state index contributed by atoms with van der Waals surface area (Å²) >= 11 is 4.87. The number of amides is 1. The van der Waals surface area contributed by atoms with Crippen molar-refractivity contribution in [1.82, 2.24) is 5.32 Å². The van der Waals surface area contributed by atoms with E-state index in [0.717, 1.165) is 21.1 Å². The van der Waals surface area contributed by atoms with Crippen LogP contribution in [-0.4, -0.2) is 12.5 Å². The van der Waals surface area contributed by atoms with Gasteiger partial charge in [-0.25, -0.2) is 0 Å². The van der Waals surface area contributed by atoms with Crippen LogP contribution >= 0.6 is 27.3 Å². The average Bonchev–Trinajstić information content (AvgIpc) is 2.83. The van der Waals surface area contributed by atoms with Crippen molar-refractivity contribution in [2.24, 2.45) is 11.8 Å². The summed E-state index contributed by atoms with van der Waals surface area (Å²) in [5.74, 6) is 1.67. The summed E-state index contributed by atoms with van der Waals surface area (Å²) in [5.41, 5.74) is 0. The van der Waals surface area contributed by atoms with Gasteiger partial charge < -0.3 is 5.32 Å². The maximum atomic E-state index is 11.9. The molecule has 0 bridgehead atoms. The molecule has 0 spiro atoms. The van der Waals surface area contributed by atoms with Crippen molar-refractivity contribution in [3.63, 3.8) is 0 Å². The van der Waals surface area contributed by atoms with E-state index in [2.05, 4.69) is 28.2 Å². The summed E-state index contributed by atoms with van der Waals surface area (Å²) in [6.45, 7) is 3.12. The van der Waals surface area contributed by atoms with Crippen LogP contribution < -0.4 is 5.32 Å². The lowest BCUT2D eigenvalue weighted by Crippen LogP contribution is -2.30. The minimum absolute atomic E-state index is 0.0725. The Labute approximate surface area is 121 Å². The van der Waals surface area contributed by atoms with Crippen molar-refractivity contribution in [2.45, 2.75) is 39.0 Å². The predicted octanol–water partition coefficient (Wildman–Crippen LogP) is 4.46. The Morgan fingerprint density at radius 3 is 2.56 bits per heavy atom. The second kappa shape index (κ2) is 6.71. The summed E-state index contributed by atoms with van der Waals surface area (Å²) in [6, 6.07) is 3.80. The van der Waals surface area contributed by atoms with Crippen LogP contribution in [0.25, 0.3) is 0 Å². The van der Waals surface area contributed by atoms with Crippen LogP contribution in [0.5, 0.6) is 0 Å². The van der Waals surface area contributed by atoms with Crippen LogP contribution in [0.1, 0.15) is 48.7 Å². The van der Waals surface area contributed by atoms with E-state index in [-0.39, 0.29) is 5.91 Å². The minimum Gasteiger partial charge on any atom is -0.351 e. The largest absolute Gasteiger partial charge is 0.351 e. The van der Waals surface area contributed by atoms with Crippen LogP contribution in [0.3, 0.4) is 0 Å². The normalized spacial score (nSPS) is 23.9. The van der Waals surface area contributed by atoms with Crippen LogP contribution in [0, 0.1) is 11.8 Å². The number of nitrogens with one attached hydrogen (secondary N) is 1. The highest BCUT2D eigenvalue weighted by atomic mass is 79.9. The van der Waals surface area contributed by atoms with E-state index in [9.17, 15) is 4.79 Å². The summed E-state index contributed by atoms with van der Waals surface area (Å²) < 4.78 is 1.01. The molecule has 1 fully saturated rings. The van der Waals surface area contributed by atoms with Gasteiger partial charge in [-0.1, -0.05) is 26.2 Å². The van der Waals surface area contributed by atoms with Gasteiger partial charge in [0.2, 0.25) is 0 Å². The molecule has 0 aromatic carbocycles. The fraction of sp³-hybridized carbons (Fsp3) is 0.643. The quantitative estimate of drug-likeness (QED) is 0.868. The van der Waals surface area contributed by atoms with Gasteiger partial charge in [0.1, 0.15) is 0 Å². The Balaban J connectivity index is 1.74. The molecule has 0 saturated heterocycles. The molecule has 1 amide bonds. The zero-order chi connectivity index (χ0) is 13.0. The zero-order valence-electron chi connectivity index (χ0n) is 10.7. The van der Waals surface area contributed by atoms with E-state index in [1.165, 1.54) is 43.4 Å². The lowest BCUT2D eigenvalue weighted by Gasteiger charge is -2.27. The summed E-state index contributed by atoms with van der Waals surface area (Å²) in [6.07, 6.45) is 6.52. The van der Waals surface area contributed by atoms with Crippen LogP contribution in [-0.2, 0) is 0 Å². The molecule has 100 valence electrons. The average molecular weight is 330 g/mol. The minimum atomic E-state index is 0.0725. The molecular formula is C14H20BrNOS. The van der Waals surface area contributed by atoms with Gasteiger partial charge in [-0.15, -0.1) is 11.3 Å². The van der Waals surface area contributed by atoms with Crippen molar-refractivity contribution < 1.29 is 4.79 Å². The fourth-order valence-electron chi connectivity index (χ4n) is 2.60. The third-order valence-electron chi connectivity index (χ3n) is 3.89. The second-order valence-electron chi connectivity index (χ2n) is 5.11. The van der Waals surface area contributed by atoms with Crippen LogP contribution in [0.2, 0.25) is 0 Å². The van der Waals surface area contributed by atoms with E-state index in [0.29, 0.717) is 5.92 Å². The first-order chi connectivity index (χ1) is 8.69. The van der Waals surface area contributed by atoms with Gasteiger partial charge in [-0.05, 0) is 52.7 Å². The molecule has 1 saturated carbocycles. The van der Waals surface area contributed by atoms with E-state index in [1.807, 2.05) is 12.1 Å². The predicted molar refractivity (Wildman–Crippen MR) is 80.1 cm³/mol. The SMILES string of the molecule is CCC1CCC(CNC(=O)c2ccc(Br)s2)CC1. The monoisotopic (exact) mass is 329 g/mol. The molecule has 1 heterocycles. The molecule has 1 aromatic heterocycles. The van der Waals surface area contributed by atoms with Gasteiger partial charge in [0.05, 0.1) is 8.66 Å². The highest BCUT2D eigenvalue weighted by Crippen LogP contribution is 2.30. The highest BCUT2D eigenvalue weighted by molar-refractivity contribution is 9.11. The number of hydrogen-bond donors (Lipinski definition) is 1. The fourth-order valence-corrected chi connectivity index (χ4v) is 3.91. The molecule has 4 heteroatoms. The number of carbonyl (C=O) groups is 1. The highest BCUT2D eigenvalue weighted by Gasteiger charge is 2.20. The molecule has 1 aliphatic carbocycles. The second-order valence-corrected chi connectivity index (χ2v) is 7.57. The Bertz CT molecular complexity index is 396. The van der Waals surface area contributed by atoms with E-state index in [1.54, 1.807) is 0 Å². The van der Waals surface area contributed by atoms with Gasteiger partial charge in [0, 0.05) is 6.54 Å². The molecule has 0 aliphatic heterocycles. The Morgan fingerprint density at radius 2 is 2.00 bits per heavy atom. The van der Waals surface area contributed by atoms with E-state index in [4.69, 9.17) is 0 Å². The first-order valence-corrected chi connectivity index (χ1v) is 8.33. The molecule has 0 atom stereocenters. The number of carbonyl (C=O) groups excluding carboxylic acids is 1. The van der Waals surface area contributed by atoms with Crippen molar-refractivity contribution >= 4 is 33.2 Å². The van der Waals surface area contributed by atoms with Gasteiger partial charge in [-0.3, -0.25) is 4.79 Å². The first kappa shape index (κ1) is 14.1. The maximum Gasteiger partial charge on any atom is 0.261 e. The lowest BCUT2D eigenvalue weighted by molar-refractivity contribution is 0.0945. The topological polar surface area (TPSA) is 29.1 Å². The zero-order valence-corrected chi connectivity index (χ0v) is 13.1. The van der Waals surface area contributed by atoms with E-state index < -0.39 is 0 Å². The third kappa shape index (κ3) is 3.82. The summed E-state index contributed by atoms with van der Waals surface area (Å²) in [4.78, 5) is 12.7. The smallest absolute Gasteiger partial charge is 0.261 e. The van der Waals surface area contributed by atoms with Gasteiger partial charge >= 0.3 is 0 Å². The number of rotatable bonds is 4. The number of halogens is 1. The maximum absolute atomic E-state index is 11.9. The summed E-state index contributed by atoms with van der Waals surface area (Å²) in [5, 5.41) is 3.07. The Kier molecular flexibility index (Phi) is 5.25. The Hall–Kier alpha value is -0.350. The van der Waals surface area contributed by atoms with Crippen molar-refractivity contribution in [3.8, 4) is 0 Å². The van der Waals surface area contributed by atoms with Crippen molar-refractivity contribution in [3.05, 3.63) is 20.8 Å². The van der Waals surface area contributed by atoms with Crippen LogP contribution in [0.4, 0.5) is 0 Å². The first-order valence-electron chi connectivity index (χ1n) is 6.72. The number of hydrogen-bond acceptors (Lipinski definition) is 2. The lowest BCUT2D eigenvalue weighted by atomic mass is 9.81. The number of thiophene rings is 1. The molecule has 2 nitrogen and oxygen atoms in total. The van der Waals surface area contributed by atoms with Gasteiger partial charge in [-0.2, -0.15) is 0 Å². The molecule has 0 unspecified atom stereocenters. The van der Waals surface area contributed by atoms with E-state index >= 15 is 0 Å². The molecule has 1 aliphatic rings. The summed E-state index contributed by atoms with van der Waals surface area (Å²) in [7, 11) is 0. The van der Waals surface area contributed by atoms with Crippen molar-refractivity contribution in [2.75, 3.05) is 6.54 Å². The van der Waals surface area contributed by atoms with Gasteiger partial charge in [0.15, 0.2) is 0 Å². The molecule has 1 aromatic rings. The van der Waals surface area contributed by atoms with Crippen LogP contribution in [0.15, 0.2) is 15.9 Å². The molecular weight excluding hydrogens is 310 g/mol. The van der Waals surface area contributed by atoms with Crippen molar-refractivity contribution in [1.29, 1.82) is 0 Å². The standard InChI is InChI=1S/C14H20BrNOS/c1-2-10-3-5-11(6-4-10)9-16-14(17)12-7-8-13(15)18-12/h7-8,10-11H,2-6,9H2,1H3,(H,16,17). The molecule has 2 rings (SSSR count). The Morgan fingerprint density at radius 1 is 1.33 bits per heavy atom. The molecule has 0 radical (unpaired) electrons.